The lowest BCUT2D eigenvalue weighted by atomic mass is 10.1. The van der Waals surface area contributed by atoms with Gasteiger partial charge in [-0.15, -0.1) is 0 Å². The monoisotopic (exact) mass is 334 g/mol. The number of hydrogen-bond acceptors (Lipinski definition) is 5. The van der Waals surface area contributed by atoms with Gasteiger partial charge in [-0.05, 0) is 11.6 Å². The molecule has 0 unspecified atom stereocenters. The molecule has 1 aliphatic rings. The lowest BCUT2D eigenvalue weighted by molar-refractivity contribution is -0.297. The number of carbonyl (C=O) groups is 1. The molecule has 1 aliphatic heterocycles. The van der Waals surface area contributed by atoms with E-state index in [1.807, 2.05) is 42.5 Å². The van der Waals surface area contributed by atoms with Crippen molar-refractivity contribution in [1.29, 1.82) is 0 Å². The Balaban J connectivity index is 1.84. The molecule has 1 heterocycles. The first-order valence-corrected chi connectivity index (χ1v) is 7.64. The van der Waals surface area contributed by atoms with Crippen LogP contribution in [-0.2, 0) is 14.4 Å². The van der Waals surface area contributed by atoms with Crippen molar-refractivity contribution in [3.05, 3.63) is 89.8 Å². The highest BCUT2D eigenvalue weighted by Crippen LogP contribution is 2.30. The molecule has 2 aromatic carbocycles. The maximum Gasteiger partial charge on any atom is 0.153 e. The van der Waals surface area contributed by atoms with Crippen LogP contribution in [0.15, 0.2) is 73.1 Å². The van der Waals surface area contributed by atoms with Gasteiger partial charge in [0.15, 0.2) is 11.5 Å². The fourth-order valence-electron chi connectivity index (χ4n) is 2.34. The van der Waals surface area contributed by atoms with Crippen LogP contribution in [0.2, 0.25) is 0 Å². The molecule has 25 heavy (non-hydrogen) atoms. The Morgan fingerprint density at radius 2 is 1.60 bits per heavy atom. The number of carbonyl (C=O) groups excluding carboxylic acids is 1. The van der Waals surface area contributed by atoms with Gasteiger partial charge in [-0.3, -0.25) is 4.84 Å². The molecule has 0 aliphatic carbocycles. The van der Waals surface area contributed by atoms with Crippen molar-refractivity contribution in [2.24, 2.45) is 0 Å². The SMILES string of the molecule is CON1C=C(c2ccccc2)OC(c2ccc(/C=C\C(=O)[O-])cc2)=C1. The van der Waals surface area contributed by atoms with Crippen LogP contribution in [0.1, 0.15) is 16.7 Å². The number of aliphatic carboxylic acids is 1. The fourth-order valence-corrected chi connectivity index (χ4v) is 2.34. The Morgan fingerprint density at radius 1 is 1.00 bits per heavy atom. The van der Waals surface area contributed by atoms with Crippen molar-refractivity contribution in [2.45, 2.75) is 0 Å². The summed E-state index contributed by atoms with van der Waals surface area (Å²) in [5, 5.41) is 12.0. The number of rotatable bonds is 5. The van der Waals surface area contributed by atoms with Gasteiger partial charge in [-0.2, -0.15) is 0 Å². The Hall–Kier alpha value is -3.31. The third-order valence-corrected chi connectivity index (χ3v) is 3.59. The predicted octanol–water partition coefficient (Wildman–Crippen LogP) is 2.64. The van der Waals surface area contributed by atoms with E-state index in [9.17, 15) is 9.90 Å². The van der Waals surface area contributed by atoms with Crippen molar-refractivity contribution < 1.29 is 19.5 Å². The van der Waals surface area contributed by atoms with E-state index in [2.05, 4.69) is 0 Å². The van der Waals surface area contributed by atoms with Crippen molar-refractivity contribution in [3.8, 4) is 0 Å². The zero-order valence-corrected chi connectivity index (χ0v) is 13.6. The molecule has 126 valence electrons. The van der Waals surface area contributed by atoms with Gasteiger partial charge in [0.25, 0.3) is 0 Å². The summed E-state index contributed by atoms with van der Waals surface area (Å²) in [6.45, 7) is 0. The van der Waals surface area contributed by atoms with E-state index in [4.69, 9.17) is 9.57 Å². The molecule has 0 atom stereocenters. The Kier molecular flexibility index (Phi) is 4.97. The maximum atomic E-state index is 10.5. The van der Waals surface area contributed by atoms with Crippen LogP contribution < -0.4 is 5.11 Å². The molecule has 0 radical (unpaired) electrons. The molecule has 3 rings (SSSR count). The molecule has 0 saturated carbocycles. The summed E-state index contributed by atoms with van der Waals surface area (Å²) in [4.78, 5) is 15.8. The lowest BCUT2D eigenvalue weighted by Crippen LogP contribution is -2.18. The second kappa shape index (κ2) is 7.51. The van der Waals surface area contributed by atoms with Crippen molar-refractivity contribution in [3.63, 3.8) is 0 Å². The number of carboxylic acids is 1. The van der Waals surface area contributed by atoms with Crippen LogP contribution in [0.3, 0.4) is 0 Å². The number of carboxylic acid groups (broad SMARTS) is 1. The second-order valence-electron chi connectivity index (χ2n) is 5.27. The normalized spacial score (nSPS) is 14.0. The van der Waals surface area contributed by atoms with Gasteiger partial charge in [0.05, 0.1) is 25.5 Å². The molecule has 0 spiro atoms. The second-order valence-corrected chi connectivity index (χ2v) is 5.27. The van der Waals surface area contributed by atoms with Crippen LogP contribution in [0.4, 0.5) is 0 Å². The lowest BCUT2D eigenvalue weighted by Gasteiger charge is -2.24. The average molecular weight is 334 g/mol. The smallest absolute Gasteiger partial charge is 0.153 e. The van der Waals surface area contributed by atoms with Gasteiger partial charge in [0.2, 0.25) is 0 Å². The summed E-state index contributed by atoms with van der Waals surface area (Å²) in [5.74, 6) is 0.0651. The molecule has 5 heteroatoms. The van der Waals surface area contributed by atoms with E-state index in [1.165, 1.54) is 6.08 Å². The van der Waals surface area contributed by atoms with E-state index in [1.54, 1.807) is 36.7 Å². The van der Waals surface area contributed by atoms with E-state index >= 15 is 0 Å². The quantitative estimate of drug-likeness (QED) is 0.787. The van der Waals surface area contributed by atoms with Gasteiger partial charge in [0, 0.05) is 11.1 Å². The highest BCUT2D eigenvalue weighted by atomic mass is 16.7. The molecular formula is C20H16NO4-. The van der Waals surface area contributed by atoms with Crippen molar-refractivity contribution in [2.75, 3.05) is 7.11 Å². The number of hydrogen-bond donors (Lipinski definition) is 0. The summed E-state index contributed by atoms with van der Waals surface area (Å²) >= 11 is 0. The summed E-state index contributed by atoms with van der Waals surface area (Å²) in [6.07, 6.45) is 5.97. The maximum absolute atomic E-state index is 10.5. The standard InChI is InChI=1S/C20H17NO4/c1-24-21-13-18(16-5-3-2-4-6-16)25-19(14-21)17-10-7-15(8-11-17)9-12-20(22)23/h2-14H,1H3,(H,22,23)/p-1/b12-9-. The van der Waals surface area contributed by atoms with E-state index < -0.39 is 5.97 Å². The first-order chi connectivity index (χ1) is 12.2. The molecule has 0 saturated heterocycles. The zero-order chi connectivity index (χ0) is 17.6. The Labute approximate surface area is 145 Å². The minimum Gasteiger partial charge on any atom is -0.545 e. The highest BCUT2D eigenvalue weighted by Gasteiger charge is 2.16. The molecule has 5 nitrogen and oxygen atoms in total. The summed E-state index contributed by atoms with van der Waals surface area (Å²) in [5.41, 5.74) is 2.53. The average Bonchev–Trinajstić information content (AvgIpc) is 2.67. The van der Waals surface area contributed by atoms with E-state index in [-0.39, 0.29) is 0 Å². The minimum absolute atomic E-state index is 0.624. The molecule has 0 N–H and O–H groups in total. The topological polar surface area (TPSA) is 61.8 Å². The van der Waals surface area contributed by atoms with Crippen molar-refractivity contribution in [1.82, 2.24) is 5.06 Å². The van der Waals surface area contributed by atoms with Crippen LogP contribution in [0.5, 0.6) is 0 Å². The van der Waals surface area contributed by atoms with Crippen LogP contribution in [-0.4, -0.2) is 18.1 Å². The third-order valence-electron chi connectivity index (χ3n) is 3.59. The van der Waals surface area contributed by atoms with E-state index in [0.717, 1.165) is 22.8 Å². The molecule has 0 aromatic heterocycles. The minimum atomic E-state index is -1.23. The first-order valence-electron chi connectivity index (χ1n) is 7.64. The van der Waals surface area contributed by atoms with Gasteiger partial charge < -0.3 is 14.6 Å². The van der Waals surface area contributed by atoms with E-state index in [0.29, 0.717) is 11.5 Å². The Bertz CT molecular complexity index is 836. The Morgan fingerprint density at radius 3 is 2.16 bits per heavy atom. The van der Waals surface area contributed by atoms with Crippen LogP contribution >= 0.6 is 0 Å². The van der Waals surface area contributed by atoms with Gasteiger partial charge in [0.1, 0.15) is 0 Å². The summed E-state index contributed by atoms with van der Waals surface area (Å²) < 4.78 is 6.01. The molecular weight excluding hydrogens is 318 g/mol. The summed E-state index contributed by atoms with van der Waals surface area (Å²) in [7, 11) is 1.58. The molecule has 0 amide bonds. The fraction of sp³-hybridized carbons (Fsp3) is 0.0500. The molecule has 2 aromatic rings. The van der Waals surface area contributed by atoms with Crippen LogP contribution in [0.25, 0.3) is 17.6 Å². The third kappa shape index (κ3) is 4.16. The molecule has 0 fully saturated rings. The first kappa shape index (κ1) is 16.5. The number of nitrogens with zero attached hydrogens (tertiary/aromatic N) is 1. The number of ether oxygens (including phenoxy) is 1. The zero-order valence-electron chi connectivity index (χ0n) is 13.6. The van der Waals surface area contributed by atoms with Gasteiger partial charge in [-0.25, -0.2) is 5.06 Å². The molecule has 0 bridgehead atoms. The number of hydroxylamine groups is 2. The van der Waals surface area contributed by atoms with Gasteiger partial charge >= 0.3 is 0 Å². The predicted molar refractivity (Wildman–Crippen MR) is 92.8 cm³/mol. The van der Waals surface area contributed by atoms with Crippen molar-refractivity contribution >= 4 is 23.6 Å². The number of benzene rings is 2. The summed E-state index contributed by atoms with van der Waals surface area (Å²) in [6, 6.07) is 17.0. The van der Waals surface area contributed by atoms with Crippen LogP contribution in [0, 0.1) is 0 Å². The van der Waals surface area contributed by atoms with Gasteiger partial charge in [-0.1, -0.05) is 60.7 Å². The largest absolute Gasteiger partial charge is 0.545 e. The highest BCUT2D eigenvalue weighted by molar-refractivity contribution is 5.83.